The molecule has 0 radical (unpaired) electrons. The van der Waals surface area contributed by atoms with E-state index in [2.05, 4.69) is 59.5 Å². The molecule has 1 aliphatic carbocycles. The highest BCUT2D eigenvalue weighted by Gasteiger charge is 2.26. The van der Waals surface area contributed by atoms with Gasteiger partial charge in [0.1, 0.15) is 0 Å². The van der Waals surface area contributed by atoms with Crippen LogP contribution in [0.1, 0.15) is 22.6 Å². The topological polar surface area (TPSA) is 29.3 Å². The Hall–Kier alpha value is -1.64. The first-order chi connectivity index (χ1) is 9.86. The Morgan fingerprint density at radius 3 is 2.50 bits per heavy atom. The first-order valence-corrected chi connectivity index (χ1v) is 7.41. The third-order valence-electron chi connectivity index (χ3n) is 4.13. The second-order valence-electron chi connectivity index (χ2n) is 5.61. The standard InChI is InChI=1S/C18H22N2/c19-10-11-20(13-15-6-2-1-3-7-15)14-17-12-16-8-4-5-9-18(16)17/h1-9,17H,10-14,19H2. The van der Waals surface area contributed by atoms with Gasteiger partial charge in [-0.3, -0.25) is 4.90 Å². The quantitative estimate of drug-likeness (QED) is 0.871. The summed E-state index contributed by atoms with van der Waals surface area (Å²) >= 11 is 0. The molecule has 0 amide bonds. The number of hydrogen-bond acceptors (Lipinski definition) is 2. The lowest BCUT2D eigenvalue weighted by molar-refractivity contribution is 0.246. The van der Waals surface area contributed by atoms with Crippen LogP contribution in [0.5, 0.6) is 0 Å². The third kappa shape index (κ3) is 2.92. The Balaban J connectivity index is 1.64. The van der Waals surface area contributed by atoms with Crippen LogP contribution in [0.25, 0.3) is 0 Å². The van der Waals surface area contributed by atoms with Crippen molar-refractivity contribution in [1.82, 2.24) is 4.90 Å². The Kier molecular flexibility index (Phi) is 4.14. The predicted octanol–water partition coefficient (Wildman–Crippen LogP) is 2.79. The van der Waals surface area contributed by atoms with Crippen LogP contribution in [0.2, 0.25) is 0 Å². The molecule has 2 aromatic rings. The van der Waals surface area contributed by atoms with Crippen molar-refractivity contribution in [3.8, 4) is 0 Å². The average molecular weight is 266 g/mol. The number of benzene rings is 2. The first kappa shape index (κ1) is 13.3. The molecule has 2 nitrogen and oxygen atoms in total. The predicted molar refractivity (Wildman–Crippen MR) is 83.7 cm³/mol. The van der Waals surface area contributed by atoms with Crippen molar-refractivity contribution in [2.45, 2.75) is 18.9 Å². The van der Waals surface area contributed by atoms with Crippen molar-refractivity contribution in [1.29, 1.82) is 0 Å². The van der Waals surface area contributed by atoms with E-state index in [-0.39, 0.29) is 0 Å². The van der Waals surface area contributed by atoms with Crippen LogP contribution in [0.15, 0.2) is 54.6 Å². The maximum Gasteiger partial charge on any atom is 0.0234 e. The van der Waals surface area contributed by atoms with Crippen molar-refractivity contribution < 1.29 is 0 Å². The third-order valence-corrected chi connectivity index (χ3v) is 4.13. The minimum atomic E-state index is 0.682. The van der Waals surface area contributed by atoms with Crippen LogP contribution in [-0.4, -0.2) is 24.5 Å². The lowest BCUT2D eigenvalue weighted by Gasteiger charge is -2.35. The maximum absolute atomic E-state index is 5.77. The Bertz CT molecular complexity index is 550. The lowest BCUT2D eigenvalue weighted by Crippen LogP contribution is -2.36. The van der Waals surface area contributed by atoms with Gasteiger partial charge in [0, 0.05) is 32.1 Å². The molecule has 1 unspecified atom stereocenters. The molecule has 0 bridgehead atoms. The van der Waals surface area contributed by atoms with Crippen molar-refractivity contribution in [3.63, 3.8) is 0 Å². The highest BCUT2D eigenvalue weighted by atomic mass is 15.1. The zero-order chi connectivity index (χ0) is 13.8. The molecule has 3 rings (SSSR count). The van der Waals surface area contributed by atoms with E-state index >= 15 is 0 Å². The van der Waals surface area contributed by atoms with Gasteiger partial charge in [0.15, 0.2) is 0 Å². The molecule has 2 N–H and O–H groups in total. The molecule has 104 valence electrons. The molecule has 0 aliphatic heterocycles. The monoisotopic (exact) mass is 266 g/mol. The molecule has 20 heavy (non-hydrogen) atoms. The summed E-state index contributed by atoms with van der Waals surface area (Å²) in [5, 5.41) is 0. The van der Waals surface area contributed by atoms with Gasteiger partial charge in [-0.25, -0.2) is 0 Å². The van der Waals surface area contributed by atoms with E-state index in [4.69, 9.17) is 5.73 Å². The highest BCUT2D eigenvalue weighted by Crippen LogP contribution is 2.35. The second-order valence-corrected chi connectivity index (χ2v) is 5.61. The number of rotatable bonds is 6. The summed E-state index contributed by atoms with van der Waals surface area (Å²) in [4.78, 5) is 2.48. The molecule has 1 atom stereocenters. The van der Waals surface area contributed by atoms with Crippen LogP contribution >= 0.6 is 0 Å². The van der Waals surface area contributed by atoms with Gasteiger partial charge >= 0.3 is 0 Å². The van der Waals surface area contributed by atoms with Gasteiger partial charge in [0.05, 0.1) is 0 Å². The van der Waals surface area contributed by atoms with Gasteiger partial charge in [-0.15, -0.1) is 0 Å². The smallest absolute Gasteiger partial charge is 0.0234 e. The minimum Gasteiger partial charge on any atom is -0.329 e. The van der Waals surface area contributed by atoms with Gasteiger partial charge in [-0.2, -0.15) is 0 Å². The molecule has 0 saturated carbocycles. The molecule has 2 aromatic carbocycles. The van der Waals surface area contributed by atoms with Crippen LogP contribution < -0.4 is 5.73 Å². The van der Waals surface area contributed by atoms with E-state index in [1.165, 1.54) is 23.1 Å². The zero-order valence-corrected chi connectivity index (χ0v) is 11.8. The lowest BCUT2D eigenvalue weighted by atomic mass is 9.77. The Morgan fingerprint density at radius 1 is 1.00 bits per heavy atom. The van der Waals surface area contributed by atoms with E-state index in [0.717, 1.165) is 26.2 Å². The van der Waals surface area contributed by atoms with Crippen molar-refractivity contribution in [2.24, 2.45) is 5.73 Å². The van der Waals surface area contributed by atoms with E-state index in [0.29, 0.717) is 5.92 Å². The molecule has 1 aliphatic rings. The Labute approximate surface area is 121 Å². The van der Waals surface area contributed by atoms with Crippen LogP contribution in [0.3, 0.4) is 0 Å². The fourth-order valence-electron chi connectivity index (χ4n) is 3.10. The SMILES string of the molecule is NCCN(Cc1ccccc1)CC1Cc2ccccc21. The minimum absolute atomic E-state index is 0.682. The summed E-state index contributed by atoms with van der Waals surface area (Å²) in [7, 11) is 0. The van der Waals surface area contributed by atoms with E-state index in [1.807, 2.05) is 0 Å². The zero-order valence-electron chi connectivity index (χ0n) is 11.8. The molecule has 0 saturated heterocycles. The molecule has 0 heterocycles. The molecular formula is C18H22N2. The first-order valence-electron chi connectivity index (χ1n) is 7.41. The maximum atomic E-state index is 5.77. The molecule has 0 spiro atoms. The largest absolute Gasteiger partial charge is 0.329 e. The summed E-state index contributed by atoms with van der Waals surface area (Å²) < 4.78 is 0. The summed E-state index contributed by atoms with van der Waals surface area (Å²) in [5.74, 6) is 0.682. The summed E-state index contributed by atoms with van der Waals surface area (Å²) in [5.41, 5.74) is 10.2. The average Bonchev–Trinajstić information content (AvgIpc) is 2.46. The molecular weight excluding hydrogens is 244 g/mol. The number of nitrogens with zero attached hydrogens (tertiary/aromatic N) is 1. The second kappa shape index (κ2) is 6.21. The fourth-order valence-corrected chi connectivity index (χ4v) is 3.10. The fraction of sp³-hybridized carbons (Fsp3) is 0.333. The van der Waals surface area contributed by atoms with Gasteiger partial charge < -0.3 is 5.73 Å². The highest BCUT2D eigenvalue weighted by molar-refractivity contribution is 5.40. The van der Waals surface area contributed by atoms with Gasteiger partial charge in [-0.05, 0) is 23.1 Å². The van der Waals surface area contributed by atoms with Crippen molar-refractivity contribution >= 4 is 0 Å². The van der Waals surface area contributed by atoms with Crippen molar-refractivity contribution in [2.75, 3.05) is 19.6 Å². The number of hydrogen-bond donors (Lipinski definition) is 1. The number of nitrogens with two attached hydrogens (primary N) is 1. The van der Waals surface area contributed by atoms with Gasteiger partial charge in [0.2, 0.25) is 0 Å². The van der Waals surface area contributed by atoms with Crippen LogP contribution in [0.4, 0.5) is 0 Å². The summed E-state index contributed by atoms with van der Waals surface area (Å²) in [6, 6.07) is 19.5. The van der Waals surface area contributed by atoms with Crippen LogP contribution in [-0.2, 0) is 13.0 Å². The molecule has 0 fully saturated rings. The van der Waals surface area contributed by atoms with Crippen molar-refractivity contribution in [3.05, 3.63) is 71.3 Å². The molecule has 0 aromatic heterocycles. The van der Waals surface area contributed by atoms with Gasteiger partial charge in [-0.1, -0.05) is 54.6 Å². The van der Waals surface area contributed by atoms with E-state index in [9.17, 15) is 0 Å². The summed E-state index contributed by atoms with van der Waals surface area (Å²) in [6.07, 6.45) is 1.21. The normalized spacial score (nSPS) is 16.8. The van der Waals surface area contributed by atoms with Gasteiger partial charge in [0.25, 0.3) is 0 Å². The van der Waals surface area contributed by atoms with E-state index < -0.39 is 0 Å². The Morgan fingerprint density at radius 2 is 1.75 bits per heavy atom. The molecule has 2 heteroatoms. The van der Waals surface area contributed by atoms with Crippen LogP contribution in [0, 0.1) is 0 Å². The van der Waals surface area contributed by atoms with E-state index in [1.54, 1.807) is 0 Å². The number of fused-ring (bicyclic) bond motifs is 1. The summed E-state index contributed by atoms with van der Waals surface area (Å²) in [6.45, 7) is 3.80.